The molecule has 25 heavy (non-hydrogen) atoms. The van der Waals surface area contributed by atoms with E-state index in [2.05, 4.69) is 5.10 Å². The highest BCUT2D eigenvalue weighted by Crippen LogP contribution is 2.33. The average Bonchev–Trinajstić information content (AvgIpc) is 2.94. The Balaban J connectivity index is 1.87. The van der Waals surface area contributed by atoms with Gasteiger partial charge in [-0.1, -0.05) is 42.5 Å². The Morgan fingerprint density at radius 3 is 2.48 bits per heavy atom. The van der Waals surface area contributed by atoms with Gasteiger partial charge in [0.1, 0.15) is 5.71 Å². The molecule has 8 heteroatoms. The zero-order valence-corrected chi connectivity index (χ0v) is 12.9. The minimum Gasteiger partial charge on any atom is -0.364 e. The topological polar surface area (TPSA) is 52.9 Å². The molecule has 1 atom stereocenters. The maximum atomic E-state index is 13.2. The summed E-state index contributed by atoms with van der Waals surface area (Å²) in [5.41, 5.74) is -3.48. The van der Waals surface area contributed by atoms with E-state index in [9.17, 15) is 27.5 Å². The van der Waals surface area contributed by atoms with E-state index in [1.807, 2.05) is 24.3 Å². The van der Waals surface area contributed by atoms with Crippen LogP contribution in [0.5, 0.6) is 0 Å². The van der Waals surface area contributed by atoms with Crippen molar-refractivity contribution in [2.75, 3.05) is 0 Å². The monoisotopic (exact) mass is 354 g/mol. The van der Waals surface area contributed by atoms with Crippen LogP contribution < -0.4 is 0 Å². The van der Waals surface area contributed by atoms with Crippen molar-refractivity contribution < 1.29 is 27.5 Å². The highest BCUT2D eigenvalue weighted by molar-refractivity contribution is 5.93. The number of alkyl halides is 4. The summed E-state index contributed by atoms with van der Waals surface area (Å²) in [7, 11) is 0. The smallest absolute Gasteiger partial charge is 0.287 e. The lowest BCUT2D eigenvalue weighted by Gasteiger charge is -2.30. The molecule has 1 amide bonds. The molecule has 0 saturated carbocycles. The van der Waals surface area contributed by atoms with Gasteiger partial charge in [-0.25, -0.2) is 17.6 Å². The second kappa shape index (κ2) is 6.44. The lowest BCUT2D eigenvalue weighted by molar-refractivity contribution is -0.191. The van der Waals surface area contributed by atoms with Gasteiger partial charge in [0.05, 0.1) is 6.42 Å². The first-order valence-electron chi connectivity index (χ1n) is 7.48. The first-order valence-corrected chi connectivity index (χ1v) is 7.48. The van der Waals surface area contributed by atoms with E-state index in [4.69, 9.17) is 0 Å². The van der Waals surface area contributed by atoms with Crippen LogP contribution in [0.4, 0.5) is 17.6 Å². The van der Waals surface area contributed by atoms with E-state index in [1.165, 1.54) is 0 Å². The molecule has 0 bridgehead atoms. The second-order valence-electron chi connectivity index (χ2n) is 5.81. The van der Waals surface area contributed by atoms with Crippen molar-refractivity contribution in [2.45, 2.75) is 31.4 Å². The van der Waals surface area contributed by atoms with Crippen LogP contribution in [0.2, 0.25) is 0 Å². The predicted octanol–water partition coefficient (Wildman–Crippen LogP) is 3.19. The third-order valence-corrected chi connectivity index (χ3v) is 4.04. The Kier molecular flexibility index (Phi) is 4.47. The van der Waals surface area contributed by atoms with Gasteiger partial charge in [0.25, 0.3) is 12.9 Å². The number of hydrogen-bond acceptors (Lipinski definition) is 3. The van der Waals surface area contributed by atoms with Gasteiger partial charge in [-0.3, -0.25) is 4.79 Å². The van der Waals surface area contributed by atoms with Gasteiger partial charge >= 0.3 is 0 Å². The quantitative estimate of drug-likeness (QED) is 0.858. The zero-order valence-electron chi connectivity index (χ0n) is 12.9. The zero-order chi connectivity index (χ0) is 18.2. The normalized spacial score (nSPS) is 20.6. The van der Waals surface area contributed by atoms with Crippen LogP contribution in [-0.2, 0) is 11.2 Å². The van der Waals surface area contributed by atoms with Gasteiger partial charge in [-0.05, 0) is 16.3 Å². The van der Waals surface area contributed by atoms with Crippen molar-refractivity contribution >= 4 is 22.4 Å². The summed E-state index contributed by atoms with van der Waals surface area (Å²) in [4.78, 5) is 12.3. The Hall–Kier alpha value is -2.48. The number of amides is 1. The lowest BCUT2D eigenvalue weighted by atomic mass is 10.0. The van der Waals surface area contributed by atoms with E-state index in [0.717, 1.165) is 10.8 Å². The minimum absolute atomic E-state index is 0.0916. The maximum absolute atomic E-state index is 13.2. The maximum Gasteiger partial charge on any atom is 0.287 e. The molecule has 2 aromatic rings. The molecule has 0 fully saturated rings. The van der Waals surface area contributed by atoms with E-state index in [-0.39, 0.29) is 11.4 Å². The second-order valence-corrected chi connectivity index (χ2v) is 5.81. The molecule has 0 aromatic heterocycles. The fourth-order valence-electron chi connectivity index (χ4n) is 2.75. The Morgan fingerprint density at radius 1 is 1.16 bits per heavy atom. The van der Waals surface area contributed by atoms with Gasteiger partial charge < -0.3 is 5.11 Å². The predicted molar refractivity (Wildman–Crippen MR) is 83.5 cm³/mol. The number of carbonyl (C=O) groups is 1. The molecule has 0 spiro atoms. The van der Waals surface area contributed by atoms with Crippen LogP contribution in [-0.4, -0.2) is 40.3 Å². The number of hydrazone groups is 1. The van der Waals surface area contributed by atoms with Crippen LogP contribution in [0.25, 0.3) is 10.8 Å². The fraction of sp³-hybridized carbons (Fsp3) is 0.294. The van der Waals surface area contributed by atoms with Gasteiger partial charge in [0.2, 0.25) is 11.6 Å². The van der Waals surface area contributed by atoms with Gasteiger partial charge in [0, 0.05) is 6.42 Å². The number of hydrogen-bond donors (Lipinski definition) is 1. The average molecular weight is 354 g/mol. The number of nitrogens with zero attached hydrogens (tertiary/aromatic N) is 2. The summed E-state index contributed by atoms with van der Waals surface area (Å²) in [6.07, 6.45) is -7.97. The molecule has 1 aliphatic heterocycles. The standard InChI is InChI=1S/C17H14F4N2O2/c18-15(19)13-9-17(25,16(20)21)23(22-13)14(24)8-10-5-6-11-3-1-2-4-12(11)7-10/h1-7,15-16,25H,8-9H2/t17-/m0/s1. The third kappa shape index (κ3) is 3.21. The lowest BCUT2D eigenvalue weighted by Crippen LogP contribution is -2.52. The molecule has 0 saturated heterocycles. The Bertz CT molecular complexity index is 840. The van der Waals surface area contributed by atoms with Gasteiger partial charge in [0.15, 0.2) is 0 Å². The Morgan fingerprint density at radius 2 is 1.84 bits per heavy atom. The van der Waals surface area contributed by atoms with Crippen LogP contribution >= 0.6 is 0 Å². The number of aliphatic hydroxyl groups is 1. The molecule has 2 aromatic carbocycles. The number of benzene rings is 2. The number of fused-ring (bicyclic) bond motifs is 1. The van der Waals surface area contributed by atoms with E-state index in [0.29, 0.717) is 5.56 Å². The summed E-state index contributed by atoms with van der Waals surface area (Å²) < 4.78 is 51.8. The molecule has 132 valence electrons. The molecule has 4 nitrogen and oxygen atoms in total. The molecule has 0 unspecified atom stereocenters. The highest BCUT2D eigenvalue weighted by atomic mass is 19.3. The number of halogens is 4. The number of carbonyl (C=O) groups excluding carboxylic acids is 1. The molecule has 1 aliphatic rings. The summed E-state index contributed by atoms with van der Waals surface area (Å²) in [6, 6.07) is 12.4. The summed E-state index contributed by atoms with van der Waals surface area (Å²) in [5, 5.41) is 15.1. The van der Waals surface area contributed by atoms with Crippen LogP contribution in [0.3, 0.4) is 0 Å². The first kappa shape index (κ1) is 17.3. The van der Waals surface area contributed by atoms with Gasteiger partial charge in [-0.15, -0.1) is 0 Å². The van der Waals surface area contributed by atoms with Crippen molar-refractivity contribution in [3.05, 3.63) is 48.0 Å². The molecule has 3 rings (SSSR count). The molecule has 1 heterocycles. The van der Waals surface area contributed by atoms with Gasteiger partial charge in [-0.2, -0.15) is 10.1 Å². The van der Waals surface area contributed by atoms with Crippen LogP contribution in [0.15, 0.2) is 47.6 Å². The summed E-state index contributed by atoms with van der Waals surface area (Å²) in [5.74, 6) is -0.978. The minimum atomic E-state index is -3.42. The van der Waals surface area contributed by atoms with Crippen LogP contribution in [0, 0.1) is 0 Å². The largest absolute Gasteiger partial charge is 0.364 e. The highest BCUT2D eigenvalue weighted by Gasteiger charge is 2.53. The molecule has 1 N–H and O–H groups in total. The molecule has 0 aliphatic carbocycles. The van der Waals surface area contributed by atoms with Crippen LogP contribution in [0.1, 0.15) is 12.0 Å². The van der Waals surface area contributed by atoms with Crippen molar-refractivity contribution in [1.29, 1.82) is 0 Å². The van der Waals surface area contributed by atoms with Crippen molar-refractivity contribution in [3.63, 3.8) is 0 Å². The van der Waals surface area contributed by atoms with Crippen molar-refractivity contribution in [3.8, 4) is 0 Å². The van der Waals surface area contributed by atoms with E-state index >= 15 is 0 Å². The van der Waals surface area contributed by atoms with E-state index < -0.39 is 36.6 Å². The molecular weight excluding hydrogens is 340 g/mol. The summed E-state index contributed by atoms with van der Waals surface area (Å²) in [6.45, 7) is 0. The molecular formula is C17H14F4N2O2. The van der Waals surface area contributed by atoms with Crippen molar-refractivity contribution in [2.24, 2.45) is 5.10 Å². The fourth-order valence-corrected chi connectivity index (χ4v) is 2.75. The Labute approximate surface area is 140 Å². The first-order chi connectivity index (χ1) is 11.8. The molecule has 0 radical (unpaired) electrons. The SMILES string of the molecule is O=C(Cc1ccc2ccccc2c1)N1N=C(C(F)F)C[C@]1(O)C(F)F. The number of rotatable bonds is 4. The summed E-state index contributed by atoms with van der Waals surface area (Å²) >= 11 is 0. The van der Waals surface area contributed by atoms with Crippen molar-refractivity contribution in [1.82, 2.24) is 5.01 Å². The van der Waals surface area contributed by atoms with E-state index in [1.54, 1.807) is 18.2 Å². The third-order valence-electron chi connectivity index (χ3n) is 4.04.